The number of nitrogens with one attached hydrogen (secondary N) is 2. The molecule has 2 rings (SSSR count). The van der Waals surface area contributed by atoms with Gasteiger partial charge in [0.05, 0.1) is 6.42 Å². The number of amides is 4. The number of terminal acetylenes is 2. The number of hydrogen-bond donors (Lipinski definition) is 3. The molecule has 2 aromatic carbocycles. The second kappa shape index (κ2) is 12.8. The van der Waals surface area contributed by atoms with Gasteiger partial charge < -0.3 is 21.1 Å². The van der Waals surface area contributed by atoms with Crippen LogP contribution >= 0.6 is 0 Å². The van der Waals surface area contributed by atoms with Gasteiger partial charge in [0.15, 0.2) is 0 Å². The molecule has 0 spiro atoms. The van der Waals surface area contributed by atoms with Crippen LogP contribution < -0.4 is 16.4 Å². The predicted octanol–water partition coefficient (Wildman–Crippen LogP) is 2.21. The molecule has 9 nitrogen and oxygen atoms in total. The van der Waals surface area contributed by atoms with E-state index >= 15 is 0 Å². The van der Waals surface area contributed by atoms with Crippen molar-refractivity contribution in [2.45, 2.75) is 51.4 Å². The molecule has 2 atom stereocenters. The Balaban J connectivity index is 2.46. The molecule has 9 heteroatoms. The van der Waals surface area contributed by atoms with Crippen LogP contribution in [0.1, 0.15) is 49.9 Å². The number of nitrogens with two attached hydrogens (primary N) is 1. The Morgan fingerprint density at radius 2 is 1.65 bits per heavy atom. The lowest BCUT2D eigenvalue weighted by Crippen LogP contribution is -2.52. The number of ether oxygens (including phenoxy) is 1. The molecule has 0 aromatic heterocycles. The van der Waals surface area contributed by atoms with Crippen LogP contribution in [-0.2, 0) is 25.7 Å². The molecule has 0 heterocycles. The summed E-state index contributed by atoms with van der Waals surface area (Å²) in [4.78, 5) is 52.0. The zero-order valence-corrected chi connectivity index (χ0v) is 21.0. The summed E-state index contributed by atoms with van der Waals surface area (Å²) in [5.41, 5.74) is 5.89. The van der Waals surface area contributed by atoms with E-state index in [1.807, 2.05) is 30.3 Å². The van der Waals surface area contributed by atoms with Gasteiger partial charge in [0.2, 0.25) is 11.8 Å². The summed E-state index contributed by atoms with van der Waals surface area (Å²) in [6, 6.07) is 15.0. The third-order valence-corrected chi connectivity index (χ3v) is 5.00. The first-order valence-corrected chi connectivity index (χ1v) is 11.4. The maximum Gasteiger partial charge on any atom is 0.408 e. The van der Waals surface area contributed by atoms with Gasteiger partial charge in [-0.05, 0) is 32.4 Å². The number of hydrogen-bond acceptors (Lipinski definition) is 5. The molecular weight excluding hydrogens is 472 g/mol. The number of carbonyl (C=O) groups is 4. The molecule has 0 aliphatic rings. The van der Waals surface area contributed by atoms with Crippen molar-refractivity contribution in [3.8, 4) is 24.8 Å². The van der Waals surface area contributed by atoms with E-state index < -0.39 is 47.9 Å². The van der Waals surface area contributed by atoms with Gasteiger partial charge in [-0.15, -0.1) is 6.42 Å². The highest BCUT2D eigenvalue weighted by Crippen LogP contribution is 2.25. The van der Waals surface area contributed by atoms with Gasteiger partial charge in [-0.1, -0.05) is 60.9 Å². The van der Waals surface area contributed by atoms with Crippen LogP contribution in [0.4, 0.5) is 4.79 Å². The van der Waals surface area contributed by atoms with Crippen molar-refractivity contribution < 1.29 is 23.9 Å². The highest BCUT2D eigenvalue weighted by atomic mass is 16.6. The third kappa shape index (κ3) is 8.44. The van der Waals surface area contributed by atoms with Crippen LogP contribution in [0, 0.1) is 24.8 Å². The minimum absolute atomic E-state index is 0.155. The zero-order chi connectivity index (χ0) is 27.6. The van der Waals surface area contributed by atoms with Crippen molar-refractivity contribution in [1.82, 2.24) is 15.5 Å². The van der Waals surface area contributed by atoms with E-state index in [4.69, 9.17) is 23.3 Å². The van der Waals surface area contributed by atoms with Crippen molar-refractivity contribution in [3.63, 3.8) is 0 Å². The largest absolute Gasteiger partial charge is 0.444 e. The highest BCUT2D eigenvalue weighted by molar-refractivity contribution is 5.95. The highest BCUT2D eigenvalue weighted by Gasteiger charge is 2.37. The summed E-state index contributed by atoms with van der Waals surface area (Å²) in [5, 5.41) is 5.10. The van der Waals surface area contributed by atoms with Crippen molar-refractivity contribution >= 4 is 23.8 Å². The van der Waals surface area contributed by atoms with Gasteiger partial charge in [-0.2, -0.15) is 0 Å². The second-order valence-electron chi connectivity index (χ2n) is 9.04. The predicted molar refractivity (Wildman–Crippen MR) is 138 cm³/mol. The number of alkyl carbamates (subject to hydrolysis) is 1. The number of rotatable bonds is 9. The molecule has 2 aromatic rings. The summed E-state index contributed by atoms with van der Waals surface area (Å²) in [5.74, 6) is 0.0817. The van der Waals surface area contributed by atoms with Gasteiger partial charge in [0, 0.05) is 23.7 Å². The SMILES string of the molecule is C#Cc1ccccc1C(C(=O)NCc1ccccc1)N(C#C)C(=O)C(CC(N)=O)NC(=O)OC(C)(C)C. The summed E-state index contributed by atoms with van der Waals surface area (Å²) in [7, 11) is 0. The Hall–Kier alpha value is -4.76. The van der Waals surface area contributed by atoms with Crippen molar-refractivity contribution in [2.75, 3.05) is 0 Å². The maximum absolute atomic E-state index is 13.6. The summed E-state index contributed by atoms with van der Waals surface area (Å²) in [6.07, 6.45) is 9.83. The summed E-state index contributed by atoms with van der Waals surface area (Å²) in [6.45, 7) is 5.06. The molecule has 0 aliphatic heterocycles. The topological polar surface area (TPSA) is 131 Å². The molecular formula is C28H30N4O5. The molecule has 0 aliphatic carbocycles. The van der Waals surface area contributed by atoms with Crippen LogP contribution in [0.2, 0.25) is 0 Å². The van der Waals surface area contributed by atoms with E-state index in [0.717, 1.165) is 10.5 Å². The molecule has 0 fully saturated rings. The molecule has 4 N–H and O–H groups in total. The van der Waals surface area contributed by atoms with Crippen LogP contribution in [0.25, 0.3) is 0 Å². The Morgan fingerprint density at radius 1 is 1.03 bits per heavy atom. The van der Waals surface area contributed by atoms with E-state index in [1.165, 1.54) is 0 Å². The Labute approximate surface area is 216 Å². The van der Waals surface area contributed by atoms with Gasteiger partial charge in [-0.25, -0.2) is 4.79 Å². The molecule has 37 heavy (non-hydrogen) atoms. The fourth-order valence-corrected chi connectivity index (χ4v) is 3.43. The first-order valence-electron chi connectivity index (χ1n) is 11.4. The normalized spacial score (nSPS) is 12.1. The smallest absolute Gasteiger partial charge is 0.408 e. The number of primary amides is 1. The lowest BCUT2D eigenvalue weighted by atomic mass is 9.97. The minimum Gasteiger partial charge on any atom is -0.444 e. The Kier molecular flexibility index (Phi) is 9.85. The fraction of sp³-hybridized carbons (Fsp3) is 0.286. The van der Waals surface area contributed by atoms with Crippen molar-refractivity contribution in [1.29, 1.82) is 0 Å². The van der Waals surface area contributed by atoms with Crippen LogP contribution in [0.15, 0.2) is 54.6 Å². The van der Waals surface area contributed by atoms with Crippen LogP contribution in [0.3, 0.4) is 0 Å². The van der Waals surface area contributed by atoms with Gasteiger partial charge in [0.25, 0.3) is 5.91 Å². The average molecular weight is 503 g/mol. The first kappa shape index (κ1) is 28.5. The number of benzene rings is 2. The standard InChI is InChI=1S/C28H30N4O5/c1-6-20-15-11-12-16-21(20)24(25(34)30-18-19-13-9-8-10-14-19)32(7-2)26(35)22(17-23(29)33)31-27(36)37-28(3,4)5/h1-2,8-16,22,24H,17-18H2,3-5H3,(H2,29,33)(H,30,34)(H,31,36). The van der Waals surface area contributed by atoms with Crippen LogP contribution in [0.5, 0.6) is 0 Å². The quantitative estimate of drug-likeness (QED) is 0.358. The Morgan fingerprint density at radius 3 is 2.22 bits per heavy atom. The van der Waals surface area contributed by atoms with Crippen molar-refractivity contribution in [3.05, 3.63) is 71.3 Å². The van der Waals surface area contributed by atoms with Crippen LogP contribution in [-0.4, -0.2) is 40.4 Å². The first-order chi connectivity index (χ1) is 17.5. The number of nitrogens with zero attached hydrogens (tertiary/aromatic N) is 1. The second-order valence-corrected chi connectivity index (χ2v) is 9.04. The van der Waals surface area contributed by atoms with E-state index in [1.54, 1.807) is 45.0 Å². The molecule has 192 valence electrons. The third-order valence-electron chi connectivity index (χ3n) is 5.00. The lowest BCUT2D eigenvalue weighted by molar-refractivity contribution is -0.139. The lowest BCUT2D eigenvalue weighted by Gasteiger charge is -2.30. The van der Waals surface area contributed by atoms with Gasteiger partial charge in [0.1, 0.15) is 17.7 Å². The maximum atomic E-state index is 13.6. The fourth-order valence-electron chi connectivity index (χ4n) is 3.43. The Bertz CT molecular complexity index is 1220. The molecule has 0 saturated heterocycles. The van der Waals surface area contributed by atoms with E-state index in [-0.39, 0.29) is 12.1 Å². The molecule has 4 amide bonds. The van der Waals surface area contributed by atoms with Crippen molar-refractivity contribution in [2.24, 2.45) is 5.73 Å². The summed E-state index contributed by atoms with van der Waals surface area (Å²) < 4.78 is 5.20. The summed E-state index contributed by atoms with van der Waals surface area (Å²) >= 11 is 0. The van der Waals surface area contributed by atoms with E-state index in [0.29, 0.717) is 5.56 Å². The minimum atomic E-state index is -1.49. The zero-order valence-electron chi connectivity index (χ0n) is 21.0. The monoisotopic (exact) mass is 502 g/mol. The number of carbonyl (C=O) groups excluding carboxylic acids is 4. The molecule has 0 saturated carbocycles. The average Bonchev–Trinajstić information content (AvgIpc) is 2.84. The van der Waals surface area contributed by atoms with Gasteiger partial charge >= 0.3 is 6.09 Å². The molecule has 0 bridgehead atoms. The molecule has 2 unspecified atom stereocenters. The van der Waals surface area contributed by atoms with Gasteiger partial charge in [-0.3, -0.25) is 19.3 Å². The van der Waals surface area contributed by atoms with E-state index in [9.17, 15) is 19.2 Å². The van der Waals surface area contributed by atoms with E-state index in [2.05, 4.69) is 22.6 Å². The molecule has 0 radical (unpaired) electrons.